The zero-order valence-electron chi connectivity index (χ0n) is 8.07. The molecule has 1 heterocycles. The number of hydrogen-bond donors (Lipinski definition) is 2. The van der Waals surface area contributed by atoms with Gasteiger partial charge in [0.2, 0.25) is 0 Å². The molecule has 1 unspecified atom stereocenters. The first kappa shape index (κ1) is 9.96. The first-order valence-corrected chi connectivity index (χ1v) is 5.04. The minimum Gasteiger partial charge on any atom is -0.385 e. The van der Waals surface area contributed by atoms with Gasteiger partial charge in [-0.3, -0.25) is 0 Å². The second-order valence-corrected chi connectivity index (χ2v) is 4.35. The average molecular weight is 216 g/mol. The Morgan fingerprint density at radius 1 is 1.79 bits per heavy atom. The van der Waals surface area contributed by atoms with Crippen LogP contribution in [-0.4, -0.2) is 21.2 Å². The van der Waals surface area contributed by atoms with Gasteiger partial charge in [0, 0.05) is 19.0 Å². The summed E-state index contributed by atoms with van der Waals surface area (Å²) in [5.74, 6) is 0.609. The fourth-order valence-electron chi connectivity index (χ4n) is 1.68. The number of halogens is 1. The molecular formula is C9H14ClN3O. The third-order valence-electron chi connectivity index (χ3n) is 3.09. The molecule has 0 aliphatic heterocycles. The molecule has 1 aliphatic rings. The largest absolute Gasteiger partial charge is 0.385 e. The lowest BCUT2D eigenvalue weighted by molar-refractivity contribution is 0.0863. The van der Waals surface area contributed by atoms with E-state index in [1.54, 1.807) is 17.8 Å². The standard InChI is InChI=1S/C9H14ClN3O/c1-13-6(10)4-12-8(13)7(14)9(5-11)2-3-9/h4,7,14H,2-3,5,11H2,1H3. The van der Waals surface area contributed by atoms with Crippen molar-refractivity contribution < 1.29 is 5.11 Å². The minimum atomic E-state index is -0.593. The van der Waals surface area contributed by atoms with E-state index in [9.17, 15) is 5.11 Å². The normalized spacial score (nSPS) is 20.9. The molecule has 0 saturated heterocycles. The first-order chi connectivity index (χ1) is 6.60. The molecule has 0 radical (unpaired) electrons. The molecule has 5 heteroatoms. The van der Waals surface area contributed by atoms with Crippen molar-refractivity contribution in [2.75, 3.05) is 6.54 Å². The maximum Gasteiger partial charge on any atom is 0.139 e. The second-order valence-electron chi connectivity index (χ2n) is 3.97. The maximum absolute atomic E-state index is 10.1. The van der Waals surface area contributed by atoms with E-state index >= 15 is 0 Å². The van der Waals surface area contributed by atoms with Crippen molar-refractivity contribution in [1.29, 1.82) is 0 Å². The highest BCUT2D eigenvalue weighted by molar-refractivity contribution is 6.29. The molecule has 3 N–H and O–H groups in total. The summed E-state index contributed by atoms with van der Waals surface area (Å²) in [6.45, 7) is 0.499. The van der Waals surface area contributed by atoms with Crippen LogP contribution in [0.2, 0.25) is 5.15 Å². The predicted octanol–water partition coefficient (Wildman–Crippen LogP) is 0.846. The zero-order valence-corrected chi connectivity index (χ0v) is 8.83. The van der Waals surface area contributed by atoms with Crippen LogP contribution in [-0.2, 0) is 7.05 Å². The summed E-state index contributed by atoms with van der Waals surface area (Å²) in [5.41, 5.74) is 5.48. The molecule has 1 atom stereocenters. The van der Waals surface area contributed by atoms with Crippen molar-refractivity contribution >= 4 is 11.6 Å². The van der Waals surface area contributed by atoms with E-state index in [0.717, 1.165) is 12.8 Å². The van der Waals surface area contributed by atoms with E-state index in [0.29, 0.717) is 17.5 Å². The third kappa shape index (κ3) is 1.34. The molecule has 0 bridgehead atoms. The molecule has 0 amide bonds. The molecule has 1 fully saturated rings. The minimum absolute atomic E-state index is 0.150. The van der Waals surface area contributed by atoms with Gasteiger partial charge in [-0.1, -0.05) is 11.6 Å². The topological polar surface area (TPSA) is 64.1 Å². The second kappa shape index (κ2) is 3.22. The van der Waals surface area contributed by atoms with Gasteiger partial charge >= 0.3 is 0 Å². The third-order valence-corrected chi connectivity index (χ3v) is 3.44. The molecule has 14 heavy (non-hydrogen) atoms. The average Bonchev–Trinajstić information content (AvgIpc) is 2.91. The van der Waals surface area contributed by atoms with Crippen LogP contribution >= 0.6 is 11.6 Å². The summed E-state index contributed by atoms with van der Waals surface area (Å²) in [5, 5.41) is 10.6. The molecule has 2 rings (SSSR count). The fraction of sp³-hybridized carbons (Fsp3) is 0.667. The number of hydrogen-bond acceptors (Lipinski definition) is 3. The Labute approximate surface area is 87.7 Å². The Hall–Kier alpha value is -0.580. The summed E-state index contributed by atoms with van der Waals surface area (Å²) < 4.78 is 1.70. The summed E-state index contributed by atoms with van der Waals surface area (Å²) in [4.78, 5) is 4.09. The highest BCUT2D eigenvalue weighted by Crippen LogP contribution is 2.53. The molecular weight excluding hydrogens is 202 g/mol. The number of nitrogens with zero attached hydrogens (tertiary/aromatic N) is 2. The Bertz CT molecular complexity index is 346. The van der Waals surface area contributed by atoms with Crippen LogP contribution in [0.4, 0.5) is 0 Å². The number of aliphatic hydroxyl groups is 1. The van der Waals surface area contributed by atoms with Crippen LogP contribution in [0.15, 0.2) is 6.20 Å². The van der Waals surface area contributed by atoms with Gasteiger partial charge in [0.1, 0.15) is 17.1 Å². The van der Waals surface area contributed by atoms with Gasteiger partial charge in [-0.05, 0) is 12.8 Å². The summed E-state index contributed by atoms with van der Waals surface area (Å²) in [6.07, 6.45) is 2.89. The predicted molar refractivity (Wildman–Crippen MR) is 53.9 cm³/mol. The lowest BCUT2D eigenvalue weighted by Crippen LogP contribution is -2.25. The molecule has 1 aliphatic carbocycles. The Morgan fingerprint density at radius 2 is 2.43 bits per heavy atom. The maximum atomic E-state index is 10.1. The highest BCUT2D eigenvalue weighted by Gasteiger charge is 2.49. The molecule has 4 nitrogen and oxygen atoms in total. The van der Waals surface area contributed by atoms with Gasteiger partial charge < -0.3 is 15.4 Å². The Balaban J connectivity index is 2.27. The van der Waals surface area contributed by atoms with Crippen molar-refractivity contribution in [1.82, 2.24) is 9.55 Å². The molecule has 0 aromatic carbocycles. The van der Waals surface area contributed by atoms with Crippen molar-refractivity contribution in [3.05, 3.63) is 17.2 Å². The van der Waals surface area contributed by atoms with Crippen LogP contribution in [0.25, 0.3) is 0 Å². The smallest absolute Gasteiger partial charge is 0.139 e. The fourth-order valence-corrected chi connectivity index (χ4v) is 1.82. The van der Waals surface area contributed by atoms with Gasteiger partial charge in [-0.15, -0.1) is 0 Å². The van der Waals surface area contributed by atoms with E-state index in [2.05, 4.69) is 4.98 Å². The van der Waals surface area contributed by atoms with E-state index in [4.69, 9.17) is 17.3 Å². The lowest BCUT2D eigenvalue weighted by Gasteiger charge is -2.19. The lowest BCUT2D eigenvalue weighted by atomic mass is 9.99. The number of nitrogens with two attached hydrogens (primary N) is 1. The SMILES string of the molecule is Cn1c(Cl)cnc1C(O)C1(CN)CC1. The zero-order chi connectivity index (χ0) is 10.3. The summed E-state index contributed by atoms with van der Waals surface area (Å²) in [6, 6.07) is 0. The quantitative estimate of drug-likeness (QED) is 0.786. The number of rotatable bonds is 3. The van der Waals surface area contributed by atoms with Crippen molar-refractivity contribution in [3.63, 3.8) is 0 Å². The molecule has 0 spiro atoms. The highest BCUT2D eigenvalue weighted by atomic mass is 35.5. The number of imidazole rings is 1. The van der Waals surface area contributed by atoms with Gasteiger partial charge in [0.15, 0.2) is 0 Å². The van der Waals surface area contributed by atoms with E-state index in [1.807, 2.05) is 0 Å². The van der Waals surface area contributed by atoms with Gasteiger partial charge in [-0.2, -0.15) is 0 Å². The van der Waals surface area contributed by atoms with E-state index < -0.39 is 6.10 Å². The Kier molecular flexibility index (Phi) is 2.29. The van der Waals surface area contributed by atoms with Crippen molar-refractivity contribution in [2.24, 2.45) is 18.2 Å². The molecule has 78 valence electrons. The van der Waals surface area contributed by atoms with Crippen LogP contribution < -0.4 is 5.73 Å². The summed E-state index contributed by atoms with van der Waals surface area (Å²) in [7, 11) is 1.79. The van der Waals surface area contributed by atoms with Gasteiger partial charge in [0.05, 0.1) is 6.20 Å². The number of aliphatic hydroxyl groups excluding tert-OH is 1. The van der Waals surface area contributed by atoms with E-state index in [1.165, 1.54) is 0 Å². The van der Waals surface area contributed by atoms with Gasteiger partial charge in [-0.25, -0.2) is 4.98 Å². The van der Waals surface area contributed by atoms with Crippen LogP contribution in [0, 0.1) is 5.41 Å². The van der Waals surface area contributed by atoms with Crippen LogP contribution in [0.1, 0.15) is 24.8 Å². The van der Waals surface area contributed by atoms with E-state index in [-0.39, 0.29) is 5.41 Å². The van der Waals surface area contributed by atoms with Crippen LogP contribution in [0.3, 0.4) is 0 Å². The number of aromatic nitrogens is 2. The Morgan fingerprint density at radius 3 is 2.79 bits per heavy atom. The molecule has 1 aromatic heterocycles. The van der Waals surface area contributed by atoms with Crippen LogP contribution in [0.5, 0.6) is 0 Å². The van der Waals surface area contributed by atoms with Gasteiger partial charge in [0.25, 0.3) is 0 Å². The first-order valence-electron chi connectivity index (χ1n) is 4.66. The molecule has 1 aromatic rings. The monoisotopic (exact) mass is 215 g/mol. The summed E-state index contributed by atoms with van der Waals surface area (Å²) >= 11 is 5.85. The van der Waals surface area contributed by atoms with Crippen molar-refractivity contribution in [2.45, 2.75) is 18.9 Å². The molecule has 1 saturated carbocycles. The van der Waals surface area contributed by atoms with Crippen molar-refractivity contribution in [3.8, 4) is 0 Å².